The molecule has 7 heteroatoms. The van der Waals surface area contributed by atoms with Gasteiger partial charge in [0.25, 0.3) is 0 Å². The number of fused-ring (bicyclic) bond motifs is 3. The number of nitrogens with one attached hydrogen (secondary N) is 1. The lowest BCUT2D eigenvalue weighted by Gasteiger charge is -2.28. The van der Waals surface area contributed by atoms with E-state index in [0.717, 1.165) is 23.1 Å². The van der Waals surface area contributed by atoms with Crippen molar-refractivity contribution in [3.05, 3.63) is 95.6 Å². The molecule has 5 rings (SSSR count). The number of carbonyl (C=O) groups excluding carboxylic acids is 2. The minimum absolute atomic E-state index is 0.0356. The number of carbonyl (C=O) groups is 3. The van der Waals surface area contributed by atoms with Gasteiger partial charge < -0.3 is 20.1 Å². The van der Waals surface area contributed by atoms with Crippen LogP contribution in [0.2, 0.25) is 0 Å². The monoisotopic (exact) mass is 512 g/mol. The lowest BCUT2D eigenvalue weighted by molar-refractivity contribution is -0.140. The molecule has 7 nitrogen and oxygen atoms in total. The average Bonchev–Trinajstić information content (AvgIpc) is 3.52. The summed E-state index contributed by atoms with van der Waals surface area (Å²) in [6, 6.07) is 25.5. The first-order valence-corrected chi connectivity index (χ1v) is 13.2. The van der Waals surface area contributed by atoms with Crippen LogP contribution in [-0.4, -0.2) is 47.2 Å². The van der Waals surface area contributed by atoms with Gasteiger partial charge in [-0.1, -0.05) is 85.3 Å². The molecule has 2 aliphatic rings. The molecule has 3 aromatic rings. The highest BCUT2D eigenvalue weighted by molar-refractivity contribution is 5.82. The number of carboxylic acids is 1. The second kappa shape index (κ2) is 11.5. The van der Waals surface area contributed by atoms with Gasteiger partial charge in [-0.25, -0.2) is 4.79 Å². The zero-order valence-electron chi connectivity index (χ0n) is 21.2. The largest absolute Gasteiger partial charge is 0.481 e. The summed E-state index contributed by atoms with van der Waals surface area (Å²) in [6.07, 6.45) is 1.47. The van der Waals surface area contributed by atoms with Gasteiger partial charge in [0.15, 0.2) is 0 Å². The molecule has 0 aliphatic heterocycles. The van der Waals surface area contributed by atoms with Crippen molar-refractivity contribution >= 4 is 18.0 Å². The maximum absolute atomic E-state index is 13.5. The van der Waals surface area contributed by atoms with Crippen LogP contribution in [0.3, 0.4) is 0 Å². The molecule has 0 radical (unpaired) electrons. The van der Waals surface area contributed by atoms with Crippen LogP contribution in [0.5, 0.6) is 0 Å². The fraction of sp³-hybridized carbons (Fsp3) is 0.323. The molecule has 0 saturated heterocycles. The molecule has 2 N–H and O–H groups in total. The molecular weight excluding hydrogens is 480 g/mol. The molecule has 2 amide bonds. The van der Waals surface area contributed by atoms with Gasteiger partial charge in [0, 0.05) is 25.0 Å². The quantitative estimate of drug-likeness (QED) is 0.411. The van der Waals surface area contributed by atoms with Gasteiger partial charge in [-0.3, -0.25) is 9.59 Å². The molecule has 1 fully saturated rings. The summed E-state index contributed by atoms with van der Waals surface area (Å²) in [5, 5.41) is 12.1. The van der Waals surface area contributed by atoms with E-state index < -0.39 is 18.0 Å². The van der Waals surface area contributed by atoms with Crippen LogP contribution in [0.4, 0.5) is 4.79 Å². The van der Waals surface area contributed by atoms with E-state index in [1.807, 2.05) is 54.6 Å². The maximum Gasteiger partial charge on any atom is 0.407 e. The van der Waals surface area contributed by atoms with Crippen LogP contribution < -0.4 is 5.32 Å². The normalized spacial score (nSPS) is 17.9. The van der Waals surface area contributed by atoms with Crippen molar-refractivity contribution in [2.24, 2.45) is 5.92 Å². The third kappa shape index (κ3) is 5.57. The third-order valence-corrected chi connectivity index (χ3v) is 7.60. The molecule has 0 aromatic heterocycles. The first-order valence-electron chi connectivity index (χ1n) is 13.2. The summed E-state index contributed by atoms with van der Waals surface area (Å²) in [5.74, 6) is -1.52. The lowest BCUT2D eigenvalue weighted by atomic mass is 9.98. The number of amides is 2. The van der Waals surface area contributed by atoms with Gasteiger partial charge in [-0.2, -0.15) is 0 Å². The Morgan fingerprint density at radius 1 is 0.868 bits per heavy atom. The number of nitrogens with zero attached hydrogens (tertiary/aromatic N) is 1. The van der Waals surface area contributed by atoms with Crippen molar-refractivity contribution in [1.82, 2.24) is 10.2 Å². The highest BCUT2D eigenvalue weighted by atomic mass is 16.5. The summed E-state index contributed by atoms with van der Waals surface area (Å²) in [6.45, 7) is 0.669. The van der Waals surface area contributed by atoms with E-state index in [4.69, 9.17) is 4.74 Å². The van der Waals surface area contributed by atoms with Gasteiger partial charge >= 0.3 is 12.1 Å². The minimum atomic E-state index is -0.949. The number of hydrogen-bond donors (Lipinski definition) is 2. The Balaban J connectivity index is 1.23. The molecule has 1 saturated carbocycles. The Labute approximate surface area is 222 Å². The Kier molecular flexibility index (Phi) is 7.73. The topological polar surface area (TPSA) is 95.9 Å². The van der Waals surface area contributed by atoms with Crippen molar-refractivity contribution in [3.8, 4) is 11.1 Å². The van der Waals surface area contributed by atoms with Gasteiger partial charge in [0.05, 0.1) is 12.3 Å². The van der Waals surface area contributed by atoms with Gasteiger partial charge in [0.1, 0.15) is 6.61 Å². The molecule has 0 heterocycles. The summed E-state index contributed by atoms with van der Waals surface area (Å²) in [4.78, 5) is 39.3. The Bertz CT molecular complexity index is 1260. The second-order valence-corrected chi connectivity index (χ2v) is 10.0. The molecule has 0 spiro atoms. The number of carboxylic acid groups (broad SMARTS) is 1. The maximum atomic E-state index is 13.5. The Morgan fingerprint density at radius 3 is 2.16 bits per heavy atom. The fourth-order valence-electron chi connectivity index (χ4n) is 5.76. The highest BCUT2D eigenvalue weighted by Crippen LogP contribution is 2.44. The Morgan fingerprint density at radius 2 is 1.50 bits per heavy atom. The minimum Gasteiger partial charge on any atom is -0.481 e. The van der Waals surface area contributed by atoms with Crippen molar-refractivity contribution < 1.29 is 24.2 Å². The number of hydrogen-bond acceptors (Lipinski definition) is 4. The predicted molar refractivity (Wildman–Crippen MR) is 143 cm³/mol. The van der Waals surface area contributed by atoms with E-state index in [1.54, 1.807) is 4.90 Å². The number of alkyl carbamates (subject to hydrolysis) is 1. The molecular formula is C31H32N2O5. The van der Waals surface area contributed by atoms with Crippen molar-refractivity contribution in [1.29, 1.82) is 0 Å². The smallest absolute Gasteiger partial charge is 0.407 e. The summed E-state index contributed by atoms with van der Waals surface area (Å²) >= 11 is 0. The molecule has 2 unspecified atom stereocenters. The molecule has 3 aromatic carbocycles. The standard InChI is InChI=1S/C31H32N2O5/c34-29(35)17-18-33(19-21-9-2-1-3-10-21)30(36)26-15-8-16-28(26)32-31(37)38-20-27-24-13-6-4-11-22(24)23-12-5-7-14-25(23)27/h1-7,9-14,26-28H,8,15-20H2,(H,32,37)(H,34,35). The van der Waals surface area contributed by atoms with E-state index in [-0.39, 0.29) is 37.4 Å². The van der Waals surface area contributed by atoms with E-state index in [0.29, 0.717) is 19.4 Å². The van der Waals surface area contributed by atoms with Crippen LogP contribution in [0, 0.1) is 5.92 Å². The molecule has 2 aliphatic carbocycles. The van der Waals surface area contributed by atoms with E-state index in [2.05, 4.69) is 29.6 Å². The van der Waals surface area contributed by atoms with Gasteiger partial charge in [-0.05, 0) is 40.7 Å². The summed E-state index contributed by atoms with van der Waals surface area (Å²) in [7, 11) is 0. The van der Waals surface area contributed by atoms with E-state index in [9.17, 15) is 19.5 Å². The molecule has 196 valence electrons. The van der Waals surface area contributed by atoms with Crippen molar-refractivity contribution in [3.63, 3.8) is 0 Å². The van der Waals surface area contributed by atoms with Gasteiger partial charge in [0.2, 0.25) is 5.91 Å². The van der Waals surface area contributed by atoms with E-state index in [1.165, 1.54) is 11.1 Å². The van der Waals surface area contributed by atoms with Crippen LogP contribution in [-0.2, 0) is 20.9 Å². The zero-order chi connectivity index (χ0) is 26.5. The number of ether oxygens (including phenoxy) is 1. The lowest BCUT2D eigenvalue weighted by Crippen LogP contribution is -2.46. The fourth-order valence-corrected chi connectivity index (χ4v) is 5.76. The second-order valence-electron chi connectivity index (χ2n) is 10.0. The SMILES string of the molecule is O=C(O)CCN(Cc1ccccc1)C(=O)C1CCCC1NC(=O)OCC1c2ccccc2-c2ccccc21. The number of rotatable bonds is 9. The zero-order valence-corrected chi connectivity index (χ0v) is 21.2. The number of benzene rings is 3. The Hall–Kier alpha value is -4.13. The molecule has 38 heavy (non-hydrogen) atoms. The first kappa shape index (κ1) is 25.5. The predicted octanol–water partition coefficient (Wildman–Crippen LogP) is 5.20. The van der Waals surface area contributed by atoms with Crippen molar-refractivity contribution in [2.75, 3.05) is 13.2 Å². The summed E-state index contributed by atoms with van der Waals surface area (Å²) in [5.41, 5.74) is 5.55. The molecule has 0 bridgehead atoms. The summed E-state index contributed by atoms with van der Waals surface area (Å²) < 4.78 is 5.71. The van der Waals surface area contributed by atoms with Crippen LogP contribution >= 0.6 is 0 Å². The average molecular weight is 513 g/mol. The third-order valence-electron chi connectivity index (χ3n) is 7.60. The first-order chi connectivity index (χ1) is 18.5. The van der Waals surface area contributed by atoms with Gasteiger partial charge in [-0.15, -0.1) is 0 Å². The highest BCUT2D eigenvalue weighted by Gasteiger charge is 2.37. The van der Waals surface area contributed by atoms with E-state index >= 15 is 0 Å². The van der Waals surface area contributed by atoms with Crippen LogP contribution in [0.15, 0.2) is 78.9 Å². The van der Waals surface area contributed by atoms with Crippen molar-refractivity contribution in [2.45, 2.75) is 44.2 Å². The van der Waals surface area contributed by atoms with Crippen LogP contribution in [0.25, 0.3) is 11.1 Å². The number of aliphatic carboxylic acids is 1. The van der Waals surface area contributed by atoms with Crippen LogP contribution in [0.1, 0.15) is 48.3 Å². The molecule has 2 atom stereocenters.